The first-order chi connectivity index (χ1) is 14.5. The van der Waals surface area contributed by atoms with Crippen LogP contribution in [-0.4, -0.2) is 23.9 Å². The summed E-state index contributed by atoms with van der Waals surface area (Å²) in [7, 11) is 0. The van der Waals surface area contributed by atoms with Crippen LogP contribution < -0.4 is 10.6 Å². The number of carbonyl (C=O) groups excluding carboxylic acids is 1. The highest BCUT2D eigenvalue weighted by atomic mass is 35.5. The van der Waals surface area contributed by atoms with E-state index < -0.39 is 0 Å². The van der Waals surface area contributed by atoms with Crippen LogP contribution >= 0.6 is 22.9 Å². The van der Waals surface area contributed by atoms with Crippen molar-refractivity contribution in [2.45, 2.75) is 39.8 Å². The summed E-state index contributed by atoms with van der Waals surface area (Å²) in [6.45, 7) is 7.54. The summed E-state index contributed by atoms with van der Waals surface area (Å²) in [5, 5.41) is 8.20. The number of benzene rings is 2. The largest absolute Gasteiger partial charge is 0.359 e. The Balaban J connectivity index is 1.71. The average molecular weight is 442 g/mol. The van der Waals surface area contributed by atoms with Crippen molar-refractivity contribution in [3.8, 4) is 11.3 Å². The zero-order valence-electron chi connectivity index (χ0n) is 17.6. The van der Waals surface area contributed by atoms with Gasteiger partial charge in [-0.15, -0.1) is 11.3 Å². The summed E-state index contributed by atoms with van der Waals surface area (Å²) in [5.41, 5.74) is 4.20. The van der Waals surface area contributed by atoms with E-state index in [9.17, 15) is 4.79 Å². The van der Waals surface area contributed by atoms with Gasteiger partial charge in [-0.1, -0.05) is 67.9 Å². The maximum absolute atomic E-state index is 11.5. The molecule has 6 heteroatoms. The van der Waals surface area contributed by atoms with Crippen molar-refractivity contribution >= 4 is 34.4 Å². The van der Waals surface area contributed by atoms with Crippen molar-refractivity contribution in [2.75, 3.05) is 11.9 Å². The number of nitrogens with zero attached hydrogens (tertiary/aromatic N) is 1. The van der Waals surface area contributed by atoms with Gasteiger partial charge in [-0.3, -0.25) is 0 Å². The fourth-order valence-electron chi connectivity index (χ4n) is 3.11. The van der Waals surface area contributed by atoms with Gasteiger partial charge in [0.1, 0.15) is 6.29 Å². The van der Waals surface area contributed by atoms with Crippen LogP contribution in [0.3, 0.4) is 0 Å². The Morgan fingerprint density at radius 2 is 1.93 bits per heavy atom. The molecule has 2 aromatic carbocycles. The number of rotatable bonds is 10. The third kappa shape index (κ3) is 6.14. The van der Waals surface area contributed by atoms with Crippen LogP contribution in [0.2, 0.25) is 5.02 Å². The number of anilines is 1. The van der Waals surface area contributed by atoms with E-state index in [2.05, 4.69) is 30.5 Å². The molecule has 0 amide bonds. The third-order valence-corrected chi connectivity index (χ3v) is 6.23. The predicted octanol–water partition coefficient (Wildman–Crippen LogP) is 5.74. The fourth-order valence-corrected chi connectivity index (χ4v) is 4.50. The normalized spacial score (nSPS) is 12.2. The van der Waals surface area contributed by atoms with Crippen molar-refractivity contribution in [3.05, 3.63) is 69.6 Å². The highest BCUT2D eigenvalue weighted by Crippen LogP contribution is 2.34. The number of aromatic nitrogens is 1. The summed E-state index contributed by atoms with van der Waals surface area (Å²) >= 11 is 8.00. The lowest BCUT2D eigenvalue weighted by Crippen LogP contribution is -2.36. The second-order valence-corrected chi connectivity index (χ2v) is 9.33. The van der Waals surface area contributed by atoms with Gasteiger partial charge < -0.3 is 15.4 Å². The van der Waals surface area contributed by atoms with Crippen LogP contribution in [0.1, 0.15) is 29.9 Å². The molecule has 158 valence electrons. The Kier molecular flexibility index (Phi) is 8.02. The second kappa shape index (κ2) is 10.7. The molecule has 3 rings (SSSR count). The molecule has 3 aromatic rings. The Hall–Kier alpha value is -2.21. The van der Waals surface area contributed by atoms with Crippen molar-refractivity contribution in [2.24, 2.45) is 5.92 Å². The number of aldehydes is 1. The van der Waals surface area contributed by atoms with E-state index >= 15 is 0 Å². The Morgan fingerprint density at radius 3 is 2.60 bits per heavy atom. The molecule has 0 saturated carbocycles. The first kappa shape index (κ1) is 22.5. The first-order valence-corrected chi connectivity index (χ1v) is 11.4. The minimum atomic E-state index is -0.292. The number of thiazole rings is 1. The van der Waals surface area contributed by atoms with Crippen LogP contribution in [0, 0.1) is 12.8 Å². The zero-order chi connectivity index (χ0) is 21.5. The maximum Gasteiger partial charge on any atom is 0.183 e. The van der Waals surface area contributed by atoms with E-state index in [-0.39, 0.29) is 6.04 Å². The molecule has 0 spiro atoms. The highest BCUT2D eigenvalue weighted by molar-refractivity contribution is 7.16. The monoisotopic (exact) mass is 441 g/mol. The lowest BCUT2D eigenvalue weighted by atomic mass is 10.0. The van der Waals surface area contributed by atoms with E-state index in [0.29, 0.717) is 19.0 Å². The average Bonchev–Trinajstić information content (AvgIpc) is 3.13. The molecule has 1 aromatic heterocycles. The van der Waals surface area contributed by atoms with Crippen LogP contribution in [0.15, 0.2) is 48.5 Å². The molecule has 0 aliphatic heterocycles. The second-order valence-electron chi connectivity index (χ2n) is 7.84. The summed E-state index contributed by atoms with van der Waals surface area (Å²) < 4.78 is 0. The quantitative estimate of drug-likeness (QED) is 0.394. The van der Waals surface area contributed by atoms with Crippen LogP contribution in [0.25, 0.3) is 11.3 Å². The summed E-state index contributed by atoms with van der Waals surface area (Å²) in [6, 6.07) is 15.8. The van der Waals surface area contributed by atoms with Gasteiger partial charge in [0, 0.05) is 28.6 Å². The Bertz CT molecular complexity index is 972. The third-order valence-electron chi connectivity index (χ3n) is 4.78. The standard InChI is InChI=1S/C24H28ClN3OS/c1-16(2)11-22-23(19-10-9-17(3)21(25)12-19)28-24(30-22)27-14-20(15-29)26-13-18-7-5-4-6-8-18/h4-10,12,15-16,20,26H,11,13-14H2,1-3H3,(H,27,28). The predicted molar refractivity (Wildman–Crippen MR) is 127 cm³/mol. The number of nitrogens with one attached hydrogen (secondary N) is 2. The summed E-state index contributed by atoms with van der Waals surface area (Å²) in [4.78, 5) is 17.6. The lowest BCUT2D eigenvalue weighted by Gasteiger charge is -2.13. The Morgan fingerprint density at radius 1 is 1.17 bits per heavy atom. The Labute approximate surface area is 187 Å². The van der Waals surface area contributed by atoms with Crippen LogP contribution in [-0.2, 0) is 17.8 Å². The number of hydrogen-bond donors (Lipinski definition) is 2. The van der Waals surface area contributed by atoms with Gasteiger partial charge >= 0.3 is 0 Å². The van der Waals surface area contributed by atoms with E-state index in [1.54, 1.807) is 11.3 Å². The molecule has 0 aliphatic rings. The summed E-state index contributed by atoms with van der Waals surface area (Å²) in [5.74, 6) is 0.522. The minimum Gasteiger partial charge on any atom is -0.359 e. The van der Waals surface area contributed by atoms with Gasteiger partial charge in [-0.05, 0) is 36.5 Å². The van der Waals surface area contributed by atoms with E-state index in [1.165, 1.54) is 4.88 Å². The SMILES string of the molecule is Cc1ccc(-c2nc(NCC(C=O)NCc3ccccc3)sc2CC(C)C)cc1Cl. The van der Waals surface area contributed by atoms with Crippen molar-refractivity contribution in [1.29, 1.82) is 0 Å². The minimum absolute atomic E-state index is 0.292. The van der Waals surface area contributed by atoms with E-state index in [4.69, 9.17) is 16.6 Å². The molecule has 0 saturated heterocycles. The van der Waals surface area contributed by atoms with E-state index in [0.717, 1.165) is 45.2 Å². The highest BCUT2D eigenvalue weighted by Gasteiger charge is 2.16. The molecule has 0 aliphatic carbocycles. The van der Waals surface area contributed by atoms with Gasteiger partial charge in [-0.2, -0.15) is 0 Å². The molecule has 1 heterocycles. The lowest BCUT2D eigenvalue weighted by molar-refractivity contribution is -0.109. The van der Waals surface area contributed by atoms with Crippen LogP contribution in [0.4, 0.5) is 5.13 Å². The van der Waals surface area contributed by atoms with Crippen LogP contribution in [0.5, 0.6) is 0 Å². The maximum atomic E-state index is 11.5. The molecule has 0 fully saturated rings. The molecule has 1 atom stereocenters. The zero-order valence-corrected chi connectivity index (χ0v) is 19.2. The van der Waals surface area contributed by atoms with Crippen molar-refractivity contribution < 1.29 is 4.79 Å². The van der Waals surface area contributed by atoms with Gasteiger partial charge in [0.15, 0.2) is 5.13 Å². The molecular weight excluding hydrogens is 414 g/mol. The van der Waals surface area contributed by atoms with Gasteiger partial charge in [0.05, 0.1) is 11.7 Å². The molecule has 4 nitrogen and oxygen atoms in total. The molecule has 1 unspecified atom stereocenters. The van der Waals surface area contributed by atoms with Gasteiger partial charge in [-0.25, -0.2) is 4.98 Å². The number of halogens is 1. The molecule has 30 heavy (non-hydrogen) atoms. The smallest absolute Gasteiger partial charge is 0.183 e. The van der Waals surface area contributed by atoms with Crippen molar-refractivity contribution in [1.82, 2.24) is 10.3 Å². The summed E-state index contributed by atoms with van der Waals surface area (Å²) in [6.07, 6.45) is 1.89. The number of carbonyl (C=O) groups is 1. The first-order valence-electron chi connectivity index (χ1n) is 10.2. The van der Waals surface area contributed by atoms with Gasteiger partial charge in [0.2, 0.25) is 0 Å². The fraction of sp³-hybridized carbons (Fsp3) is 0.333. The van der Waals surface area contributed by atoms with Crippen molar-refractivity contribution in [3.63, 3.8) is 0 Å². The topological polar surface area (TPSA) is 54.0 Å². The molecule has 0 bridgehead atoms. The van der Waals surface area contributed by atoms with E-state index in [1.807, 2.05) is 49.4 Å². The molecule has 2 N–H and O–H groups in total. The molecule has 0 radical (unpaired) electrons. The number of hydrogen-bond acceptors (Lipinski definition) is 5. The number of aryl methyl sites for hydroxylation is 1. The molecular formula is C24H28ClN3OS. The van der Waals surface area contributed by atoms with Gasteiger partial charge in [0.25, 0.3) is 0 Å².